The summed E-state index contributed by atoms with van der Waals surface area (Å²) in [6.45, 7) is -0.0740. The number of rotatable bonds is 7. The van der Waals surface area contributed by atoms with Gasteiger partial charge in [0.25, 0.3) is 0 Å². The van der Waals surface area contributed by atoms with Crippen LogP contribution in [0, 0.1) is 0 Å². The van der Waals surface area contributed by atoms with E-state index in [2.05, 4.69) is 9.82 Å². The second-order valence-electron chi connectivity index (χ2n) is 6.00. The fourth-order valence-electron chi connectivity index (χ4n) is 2.66. The van der Waals surface area contributed by atoms with Crippen LogP contribution >= 0.6 is 0 Å². The molecular weight excluding hydrogens is 371 g/mol. The monoisotopic (exact) mass is 389 g/mol. The molecule has 1 heterocycles. The van der Waals surface area contributed by atoms with Crippen LogP contribution in [0.4, 0.5) is 13.2 Å². The van der Waals surface area contributed by atoms with Crippen molar-refractivity contribution in [3.63, 3.8) is 0 Å². The summed E-state index contributed by atoms with van der Waals surface area (Å²) in [4.78, 5) is -0.0265. The van der Waals surface area contributed by atoms with Crippen molar-refractivity contribution < 1.29 is 26.3 Å². The molecule has 0 aliphatic heterocycles. The van der Waals surface area contributed by atoms with Crippen molar-refractivity contribution in [2.45, 2.75) is 36.4 Å². The lowest BCUT2D eigenvalue weighted by Crippen LogP contribution is -2.28. The third kappa shape index (κ3) is 4.01. The Morgan fingerprint density at radius 3 is 2.62 bits per heavy atom. The van der Waals surface area contributed by atoms with E-state index in [0.29, 0.717) is 5.69 Å². The van der Waals surface area contributed by atoms with Crippen LogP contribution in [0.15, 0.2) is 35.2 Å². The lowest BCUT2D eigenvalue weighted by atomic mass is 10.2. The number of nitrogens with one attached hydrogen (secondary N) is 1. The summed E-state index contributed by atoms with van der Waals surface area (Å²) in [6, 6.07) is 7.16. The van der Waals surface area contributed by atoms with Crippen molar-refractivity contribution in [2.75, 3.05) is 13.7 Å². The number of hydrogen-bond donors (Lipinski definition) is 1. The number of hydrogen-bond acceptors (Lipinski definition) is 4. The van der Waals surface area contributed by atoms with Gasteiger partial charge in [0.1, 0.15) is 10.6 Å². The number of benzene rings is 1. The van der Waals surface area contributed by atoms with Gasteiger partial charge in [-0.2, -0.15) is 18.3 Å². The molecule has 0 bridgehead atoms. The van der Waals surface area contributed by atoms with E-state index >= 15 is 0 Å². The van der Waals surface area contributed by atoms with Crippen LogP contribution in [-0.4, -0.2) is 31.9 Å². The van der Waals surface area contributed by atoms with Crippen molar-refractivity contribution in [2.24, 2.45) is 0 Å². The fraction of sp³-hybridized carbons (Fsp3) is 0.438. The van der Waals surface area contributed by atoms with E-state index in [-0.39, 0.29) is 29.7 Å². The van der Waals surface area contributed by atoms with E-state index in [9.17, 15) is 21.6 Å². The lowest BCUT2D eigenvalue weighted by molar-refractivity contribution is -0.141. The molecular formula is C16H18F3N3O3S. The van der Waals surface area contributed by atoms with E-state index in [0.717, 1.165) is 18.9 Å². The molecule has 0 atom stereocenters. The van der Waals surface area contributed by atoms with E-state index in [1.807, 2.05) is 0 Å². The summed E-state index contributed by atoms with van der Waals surface area (Å²) < 4.78 is 72.1. The molecule has 1 fully saturated rings. The number of para-hydroxylation sites is 1. The molecule has 2 aromatic rings. The van der Waals surface area contributed by atoms with E-state index in [1.165, 1.54) is 23.9 Å². The Hall–Kier alpha value is -2.07. The van der Waals surface area contributed by atoms with Gasteiger partial charge < -0.3 is 4.74 Å². The average molecular weight is 389 g/mol. The normalized spacial score (nSPS) is 15.2. The van der Waals surface area contributed by atoms with Gasteiger partial charge in [-0.3, -0.25) is 4.68 Å². The molecule has 1 aromatic carbocycles. The molecule has 3 rings (SSSR count). The Bertz CT molecular complexity index is 890. The molecule has 1 aromatic heterocycles. The molecule has 0 amide bonds. The molecule has 6 nitrogen and oxygen atoms in total. The zero-order chi connectivity index (χ0) is 18.9. The predicted molar refractivity (Wildman–Crippen MR) is 87.4 cm³/mol. The Morgan fingerprint density at radius 2 is 2.00 bits per heavy atom. The van der Waals surface area contributed by atoms with Gasteiger partial charge >= 0.3 is 6.18 Å². The maximum absolute atomic E-state index is 12.9. The van der Waals surface area contributed by atoms with Gasteiger partial charge in [0, 0.05) is 18.2 Å². The summed E-state index contributed by atoms with van der Waals surface area (Å²) in [5.74, 6) is 0.251. The molecule has 10 heteroatoms. The van der Waals surface area contributed by atoms with Crippen molar-refractivity contribution in [3.05, 3.63) is 41.7 Å². The molecule has 0 spiro atoms. The van der Waals surface area contributed by atoms with E-state index in [4.69, 9.17) is 4.74 Å². The first-order chi connectivity index (χ1) is 12.2. The number of halogens is 3. The third-order valence-electron chi connectivity index (χ3n) is 4.07. The molecule has 1 saturated carbocycles. The highest BCUT2D eigenvalue weighted by Gasteiger charge is 2.37. The number of methoxy groups -OCH3 is 1. The minimum atomic E-state index is -4.52. The first-order valence-electron chi connectivity index (χ1n) is 8.00. The van der Waals surface area contributed by atoms with Crippen LogP contribution in [0.3, 0.4) is 0 Å². The standard InChI is InChI=1S/C16H18F3N3O3S/c1-25-13-4-2-3-5-14(13)26(23,24)20-8-9-22-12(11-6-7-11)10-15(21-22)16(17,18)19/h2-5,10-11,20H,6-9H2,1H3. The fourth-order valence-corrected chi connectivity index (χ4v) is 3.85. The van der Waals surface area contributed by atoms with Gasteiger partial charge in [0.2, 0.25) is 10.0 Å². The molecule has 26 heavy (non-hydrogen) atoms. The van der Waals surface area contributed by atoms with Crippen LogP contribution in [-0.2, 0) is 22.7 Å². The van der Waals surface area contributed by atoms with Gasteiger partial charge in [-0.15, -0.1) is 0 Å². The van der Waals surface area contributed by atoms with Crippen LogP contribution in [0.5, 0.6) is 5.75 Å². The summed E-state index contributed by atoms with van der Waals surface area (Å²) in [7, 11) is -2.49. The second-order valence-corrected chi connectivity index (χ2v) is 7.73. The first kappa shape index (κ1) is 18.7. The Kier molecular flexibility index (Phi) is 4.98. The zero-order valence-electron chi connectivity index (χ0n) is 14.0. The molecule has 0 radical (unpaired) electrons. The Balaban J connectivity index is 1.72. The summed E-state index contributed by atoms with van der Waals surface area (Å²) in [5.41, 5.74) is -0.458. The summed E-state index contributed by atoms with van der Waals surface area (Å²) >= 11 is 0. The summed E-state index contributed by atoms with van der Waals surface area (Å²) in [6.07, 6.45) is -2.89. The lowest BCUT2D eigenvalue weighted by Gasteiger charge is -2.11. The molecule has 1 aliphatic carbocycles. The van der Waals surface area contributed by atoms with Gasteiger partial charge in [-0.1, -0.05) is 12.1 Å². The number of nitrogens with zero attached hydrogens (tertiary/aromatic N) is 2. The maximum atomic E-state index is 12.9. The maximum Gasteiger partial charge on any atom is 0.435 e. The Morgan fingerprint density at radius 1 is 1.31 bits per heavy atom. The average Bonchev–Trinajstić information content (AvgIpc) is 3.33. The third-order valence-corrected chi connectivity index (χ3v) is 5.57. The quantitative estimate of drug-likeness (QED) is 0.790. The number of alkyl halides is 3. The highest BCUT2D eigenvalue weighted by atomic mass is 32.2. The van der Waals surface area contributed by atoms with Crippen molar-refractivity contribution in [1.29, 1.82) is 0 Å². The SMILES string of the molecule is COc1ccccc1S(=O)(=O)NCCn1nc(C(F)(F)F)cc1C1CC1. The largest absolute Gasteiger partial charge is 0.495 e. The molecule has 1 N–H and O–H groups in total. The van der Waals surface area contributed by atoms with Crippen LogP contribution < -0.4 is 9.46 Å². The first-order valence-corrected chi connectivity index (χ1v) is 9.48. The smallest absolute Gasteiger partial charge is 0.435 e. The van der Waals surface area contributed by atoms with Gasteiger partial charge in [-0.05, 0) is 31.0 Å². The highest BCUT2D eigenvalue weighted by Crippen LogP contribution is 2.42. The van der Waals surface area contributed by atoms with Crippen LogP contribution in [0.1, 0.15) is 30.1 Å². The van der Waals surface area contributed by atoms with E-state index in [1.54, 1.807) is 12.1 Å². The second kappa shape index (κ2) is 6.92. The van der Waals surface area contributed by atoms with Gasteiger partial charge in [0.15, 0.2) is 5.69 Å². The molecule has 142 valence electrons. The van der Waals surface area contributed by atoms with Gasteiger partial charge in [-0.25, -0.2) is 13.1 Å². The highest BCUT2D eigenvalue weighted by molar-refractivity contribution is 7.89. The number of ether oxygens (including phenoxy) is 1. The predicted octanol–water partition coefficient (Wildman–Crippen LogP) is 2.77. The molecule has 1 aliphatic rings. The number of sulfonamides is 1. The number of aromatic nitrogens is 2. The molecule has 0 unspecified atom stereocenters. The van der Waals surface area contributed by atoms with Crippen molar-refractivity contribution in [1.82, 2.24) is 14.5 Å². The van der Waals surface area contributed by atoms with Crippen LogP contribution in [0.2, 0.25) is 0 Å². The Labute approximate surface area is 149 Å². The topological polar surface area (TPSA) is 73.2 Å². The van der Waals surface area contributed by atoms with Crippen molar-refractivity contribution in [3.8, 4) is 5.75 Å². The molecule has 0 saturated heterocycles. The van der Waals surface area contributed by atoms with Crippen molar-refractivity contribution >= 4 is 10.0 Å². The zero-order valence-corrected chi connectivity index (χ0v) is 14.8. The summed E-state index contributed by atoms with van der Waals surface area (Å²) in [5, 5.41) is 3.60. The van der Waals surface area contributed by atoms with E-state index < -0.39 is 21.9 Å². The minimum absolute atomic E-state index is 0.0102. The van der Waals surface area contributed by atoms with Crippen LogP contribution in [0.25, 0.3) is 0 Å². The van der Waals surface area contributed by atoms with Gasteiger partial charge in [0.05, 0.1) is 13.7 Å². The minimum Gasteiger partial charge on any atom is -0.495 e.